The van der Waals surface area contributed by atoms with E-state index >= 15 is 0 Å². The van der Waals surface area contributed by atoms with E-state index < -0.39 is 0 Å². The molecule has 0 aliphatic rings. The van der Waals surface area contributed by atoms with Gasteiger partial charge in [-0.05, 0) is 71.8 Å². The average Bonchev–Trinajstić information content (AvgIpc) is 4.01. The van der Waals surface area contributed by atoms with Crippen molar-refractivity contribution >= 4 is 75.3 Å². The second-order valence-electron chi connectivity index (χ2n) is 15.7. The van der Waals surface area contributed by atoms with Gasteiger partial charge >= 0.3 is 0 Å². The molecule has 6 heterocycles. The Hall–Kier alpha value is -8.33. The van der Waals surface area contributed by atoms with Crippen molar-refractivity contribution in [3.05, 3.63) is 200 Å². The number of fused-ring (bicyclic) bond motifs is 9. The molecule has 7 aromatic carbocycles. The van der Waals surface area contributed by atoms with Gasteiger partial charge in [-0.3, -0.25) is 14.1 Å². The van der Waals surface area contributed by atoms with E-state index in [2.05, 4.69) is 149 Å². The Labute approximate surface area is 364 Å². The van der Waals surface area contributed by atoms with Crippen LogP contribution < -0.4 is 0 Å². The molecule has 0 atom stereocenters. The maximum absolute atomic E-state index is 5.24. The normalized spacial score (nSPS) is 11.8. The first-order valence-corrected chi connectivity index (χ1v) is 21.7. The second kappa shape index (κ2) is 14.1. The monoisotopic (exact) mass is 823 g/mol. The second-order valence-corrected chi connectivity index (χ2v) is 16.8. The largest absolute Gasteiger partial charge is 0.294 e. The van der Waals surface area contributed by atoms with Gasteiger partial charge in [0, 0.05) is 66.8 Å². The minimum atomic E-state index is 0.623. The van der Waals surface area contributed by atoms with Crippen molar-refractivity contribution in [2.24, 2.45) is 0 Å². The summed E-state index contributed by atoms with van der Waals surface area (Å²) in [6.45, 7) is 0. The lowest BCUT2D eigenvalue weighted by Crippen LogP contribution is -2.02. The van der Waals surface area contributed by atoms with Crippen LogP contribution >= 0.6 is 11.3 Å². The van der Waals surface area contributed by atoms with Gasteiger partial charge in [0.2, 0.25) is 5.95 Å². The summed E-state index contributed by atoms with van der Waals surface area (Å²) in [5, 5.41) is 5.73. The molecule has 7 nitrogen and oxygen atoms in total. The number of rotatable bonds is 6. The van der Waals surface area contributed by atoms with Gasteiger partial charge in [-0.1, -0.05) is 121 Å². The lowest BCUT2D eigenvalue weighted by molar-refractivity contribution is 0.992. The highest BCUT2D eigenvalue weighted by molar-refractivity contribution is 7.25. The third kappa shape index (κ3) is 5.76. The van der Waals surface area contributed by atoms with Crippen molar-refractivity contribution in [2.45, 2.75) is 0 Å². The van der Waals surface area contributed by atoms with Crippen molar-refractivity contribution in [3.8, 4) is 56.8 Å². The number of hydrogen-bond donors (Lipinski definition) is 0. The van der Waals surface area contributed by atoms with E-state index in [1.165, 1.54) is 9.40 Å². The van der Waals surface area contributed by atoms with E-state index in [-0.39, 0.29) is 0 Å². The lowest BCUT2D eigenvalue weighted by atomic mass is 10.0. The molecule has 0 fully saturated rings. The first-order chi connectivity index (χ1) is 31.2. The van der Waals surface area contributed by atoms with E-state index in [0.717, 1.165) is 99.5 Å². The summed E-state index contributed by atoms with van der Waals surface area (Å²) in [4.78, 5) is 25.1. The molecule has 0 amide bonds. The summed E-state index contributed by atoms with van der Waals surface area (Å²) >= 11 is 1.76. The van der Waals surface area contributed by atoms with Crippen molar-refractivity contribution in [3.63, 3.8) is 0 Å². The van der Waals surface area contributed by atoms with Crippen LogP contribution in [0.3, 0.4) is 0 Å². The molecule has 0 aliphatic heterocycles. The molecule has 0 saturated heterocycles. The lowest BCUT2D eigenvalue weighted by Gasteiger charge is -2.12. The molecule has 8 heteroatoms. The van der Waals surface area contributed by atoms with Crippen LogP contribution in [0.25, 0.3) is 121 Å². The zero-order chi connectivity index (χ0) is 41.4. The molecule has 0 N–H and O–H groups in total. The molecular weight excluding hydrogens is 791 g/mol. The van der Waals surface area contributed by atoms with Crippen LogP contribution in [-0.2, 0) is 0 Å². The Morgan fingerprint density at radius 2 is 1.02 bits per heavy atom. The Morgan fingerprint density at radius 1 is 0.349 bits per heavy atom. The molecular formula is C55H33N7S. The summed E-state index contributed by atoms with van der Waals surface area (Å²) in [7, 11) is 0. The maximum Gasteiger partial charge on any atom is 0.235 e. The quantitative estimate of drug-likeness (QED) is 0.167. The smallest absolute Gasteiger partial charge is 0.235 e. The van der Waals surface area contributed by atoms with Gasteiger partial charge < -0.3 is 0 Å². The molecule has 13 aromatic rings. The molecule has 0 radical (unpaired) electrons. The van der Waals surface area contributed by atoms with E-state index in [1.54, 1.807) is 11.3 Å². The maximum atomic E-state index is 5.24. The Bertz CT molecular complexity index is 3870. The van der Waals surface area contributed by atoms with E-state index in [9.17, 15) is 0 Å². The van der Waals surface area contributed by atoms with Gasteiger partial charge in [-0.25, -0.2) is 19.9 Å². The highest BCUT2D eigenvalue weighted by atomic mass is 32.1. The average molecular weight is 824 g/mol. The van der Waals surface area contributed by atoms with Crippen molar-refractivity contribution in [1.82, 2.24) is 34.1 Å². The Kier molecular flexibility index (Phi) is 7.94. The number of nitrogens with zero attached hydrogens (tertiary/aromatic N) is 7. The number of aromatic nitrogens is 7. The van der Waals surface area contributed by atoms with Crippen LogP contribution in [0.2, 0.25) is 0 Å². The van der Waals surface area contributed by atoms with Crippen molar-refractivity contribution in [1.29, 1.82) is 0 Å². The van der Waals surface area contributed by atoms with Crippen LogP contribution in [0.5, 0.6) is 0 Å². The van der Waals surface area contributed by atoms with Gasteiger partial charge in [-0.15, -0.1) is 11.3 Å². The number of para-hydroxylation sites is 2. The fourth-order valence-electron chi connectivity index (χ4n) is 9.16. The summed E-state index contributed by atoms with van der Waals surface area (Å²) in [6, 6.07) is 65.9. The molecule has 294 valence electrons. The molecule has 0 saturated carbocycles. The number of benzene rings is 7. The zero-order valence-corrected chi connectivity index (χ0v) is 34.4. The molecule has 0 aliphatic carbocycles. The predicted molar refractivity (Wildman–Crippen MR) is 259 cm³/mol. The first-order valence-electron chi connectivity index (χ1n) is 20.9. The van der Waals surface area contributed by atoms with Crippen molar-refractivity contribution in [2.75, 3.05) is 0 Å². The fourth-order valence-corrected chi connectivity index (χ4v) is 10.2. The van der Waals surface area contributed by atoms with Gasteiger partial charge in [0.25, 0.3) is 0 Å². The van der Waals surface area contributed by atoms with Crippen LogP contribution in [0.1, 0.15) is 0 Å². The van der Waals surface area contributed by atoms with Crippen LogP contribution in [0.4, 0.5) is 0 Å². The van der Waals surface area contributed by atoms with E-state index in [1.807, 2.05) is 60.9 Å². The third-order valence-corrected chi connectivity index (χ3v) is 13.2. The van der Waals surface area contributed by atoms with E-state index in [4.69, 9.17) is 24.9 Å². The predicted octanol–water partition coefficient (Wildman–Crippen LogP) is 13.9. The summed E-state index contributed by atoms with van der Waals surface area (Å²) in [6.07, 6.45) is 3.73. The number of pyridine rings is 1. The molecule has 13 rings (SSSR count). The first kappa shape index (κ1) is 35.4. The fraction of sp³-hybridized carbons (Fsp3) is 0. The van der Waals surface area contributed by atoms with Gasteiger partial charge in [0.1, 0.15) is 5.82 Å². The van der Waals surface area contributed by atoms with Crippen molar-refractivity contribution < 1.29 is 0 Å². The van der Waals surface area contributed by atoms with Crippen LogP contribution in [0, 0.1) is 0 Å². The molecule has 6 aromatic heterocycles. The summed E-state index contributed by atoms with van der Waals surface area (Å²) in [5.74, 6) is 2.12. The molecule has 0 unspecified atom stereocenters. The summed E-state index contributed by atoms with van der Waals surface area (Å²) in [5.41, 5.74) is 12.2. The van der Waals surface area contributed by atoms with E-state index in [0.29, 0.717) is 11.8 Å². The Morgan fingerprint density at radius 3 is 1.86 bits per heavy atom. The highest BCUT2D eigenvalue weighted by Crippen LogP contribution is 2.39. The van der Waals surface area contributed by atoms with Crippen LogP contribution in [-0.4, -0.2) is 34.1 Å². The van der Waals surface area contributed by atoms with Gasteiger partial charge in [0.15, 0.2) is 5.82 Å². The summed E-state index contributed by atoms with van der Waals surface area (Å²) < 4.78 is 6.86. The SMILES string of the molecule is c1ccc(-c2cc(-n3c4ccccc4c4cc(-c5ccc6c7ccccc7n(-c7nccc(-c8ccc9sc%10cccnc%10c9c8)n7)c6c5)ccc43)nc(-c3ccccc3)n2)cc1. The minimum Gasteiger partial charge on any atom is -0.294 e. The standard InChI is InChI=1S/C55H33N7S/c1-3-12-34(13-4-1)45-33-52(60-54(58-45)35-14-5-2-6-15-35)61-46-18-9-8-17-40(46)42-30-36(22-25-48(42)61)37-21-24-41-39-16-7-10-19-47(39)62(49(41)32-37)55-57-29-27-44(59-55)38-23-26-50-43(31-38)53-51(63-50)20-11-28-56-53/h1-33H. The van der Waals surface area contributed by atoms with Crippen LogP contribution in [0.15, 0.2) is 200 Å². The van der Waals surface area contributed by atoms with Gasteiger partial charge in [0.05, 0.1) is 43.7 Å². The number of hydrogen-bond acceptors (Lipinski definition) is 6. The topological polar surface area (TPSA) is 74.3 Å². The molecule has 0 spiro atoms. The number of thiophene rings is 1. The Balaban J connectivity index is 0.961. The highest BCUT2D eigenvalue weighted by Gasteiger charge is 2.20. The molecule has 0 bridgehead atoms. The molecule has 63 heavy (non-hydrogen) atoms. The van der Waals surface area contributed by atoms with Gasteiger partial charge in [-0.2, -0.15) is 0 Å². The third-order valence-electron chi connectivity index (χ3n) is 12.1. The zero-order valence-electron chi connectivity index (χ0n) is 33.6. The minimum absolute atomic E-state index is 0.623.